The molecule has 9 nitrogen and oxygen atoms in total. The number of nitrogens with one attached hydrogen (secondary N) is 1. The monoisotopic (exact) mass is 629 g/mol. The first-order valence-electron chi connectivity index (χ1n) is 16.5. The minimum absolute atomic E-state index is 0.0756. The normalized spacial score (nSPS) is 14.0. The maximum atomic E-state index is 12.0. The molecular formula is C33H60NO8P. The molecule has 0 saturated heterocycles. The van der Waals surface area contributed by atoms with Gasteiger partial charge in [0.2, 0.25) is 5.91 Å². The van der Waals surface area contributed by atoms with E-state index in [1.807, 2.05) is 0 Å². The van der Waals surface area contributed by atoms with Crippen LogP contribution in [0.4, 0.5) is 0 Å². The molecule has 0 fully saturated rings. The first kappa shape index (κ1) is 41.2. The Morgan fingerprint density at radius 2 is 1.33 bits per heavy atom. The lowest BCUT2D eigenvalue weighted by atomic mass is 10.1. The van der Waals surface area contributed by atoms with Crippen molar-refractivity contribution in [2.24, 2.45) is 0 Å². The van der Waals surface area contributed by atoms with Crippen LogP contribution in [-0.4, -0.2) is 54.3 Å². The van der Waals surface area contributed by atoms with Gasteiger partial charge < -0.3 is 20.1 Å². The number of aliphatic hydroxyl groups is 1. The van der Waals surface area contributed by atoms with Crippen molar-refractivity contribution < 1.29 is 37.9 Å². The molecule has 0 aromatic carbocycles. The Balaban J connectivity index is 3.63. The topological polar surface area (TPSA) is 131 Å². The third-order valence-electron chi connectivity index (χ3n) is 6.58. The van der Waals surface area contributed by atoms with Crippen LogP contribution in [-0.2, 0) is 27.9 Å². The van der Waals surface area contributed by atoms with E-state index in [1.54, 1.807) is 0 Å². The van der Waals surface area contributed by atoms with Gasteiger partial charge in [0.05, 0.1) is 13.2 Å². The average molecular weight is 630 g/mol. The van der Waals surface area contributed by atoms with Crippen LogP contribution >= 0.6 is 7.82 Å². The number of carbonyl (C=O) groups excluding carboxylic acids is 2. The van der Waals surface area contributed by atoms with Crippen LogP contribution in [0.5, 0.6) is 0 Å². The SMILES string of the molecule is CC/C=C\C/C=C\C/C=C\CCCCCCCCCC(=O)NCCOP(=O)(O)OCC(O)COC(=O)CCCCCCC. The summed E-state index contributed by atoms with van der Waals surface area (Å²) in [5, 5.41) is 12.5. The number of phosphoric acid groups is 1. The van der Waals surface area contributed by atoms with E-state index in [0.29, 0.717) is 6.42 Å². The molecule has 0 heterocycles. The Labute approximate surface area is 261 Å². The summed E-state index contributed by atoms with van der Waals surface area (Å²) in [4.78, 5) is 33.4. The summed E-state index contributed by atoms with van der Waals surface area (Å²) >= 11 is 0. The summed E-state index contributed by atoms with van der Waals surface area (Å²) in [6, 6.07) is 0. The highest BCUT2D eigenvalue weighted by molar-refractivity contribution is 7.47. The number of aliphatic hydroxyl groups excluding tert-OH is 1. The summed E-state index contributed by atoms with van der Waals surface area (Å²) < 4.78 is 26.5. The first-order valence-corrected chi connectivity index (χ1v) is 18.0. The fraction of sp³-hybridized carbons (Fsp3) is 0.758. The Kier molecular flexibility index (Phi) is 29.0. The number of amides is 1. The predicted octanol–water partition coefficient (Wildman–Crippen LogP) is 7.87. The largest absolute Gasteiger partial charge is 0.472 e. The molecule has 0 bridgehead atoms. The third-order valence-corrected chi connectivity index (χ3v) is 7.57. The number of rotatable bonds is 30. The standard InChI is InChI=1S/C33H60NO8P/c1-3-5-7-9-10-11-12-13-14-15-16-17-18-19-20-22-23-25-32(36)34-27-28-41-43(38,39)42-30-31(35)29-40-33(37)26-24-21-8-6-4-2/h5,7,10-11,13-14,31,35H,3-4,6,8-9,12,15-30H2,1-2H3,(H,34,36)(H,38,39)/b7-5-,11-10-,14-13-. The van der Waals surface area contributed by atoms with Gasteiger partial charge in [0, 0.05) is 19.4 Å². The highest BCUT2D eigenvalue weighted by Crippen LogP contribution is 2.42. The molecule has 2 atom stereocenters. The number of hydrogen-bond donors (Lipinski definition) is 3. The van der Waals surface area contributed by atoms with E-state index in [2.05, 4.69) is 55.6 Å². The first-order chi connectivity index (χ1) is 20.8. The van der Waals surface area contributed by atoms with Crippen LogP contribution in [0.3, 0.4) is 0 Å². The van der Waals surface area contributed by atoms with Crippen molar-refractivity contribution in [2.75, 3.05) is 26.4 Å². The zero-order valence-corrected chi connectivity index (χ0v) is 27.8. The Morgan fingerprint density at radius 3 is 2.00 bits per heavy atom. The van der Waals surface area contributed by atoms with Gasteiger partial charge in [-0.25, -0.2) is 4.57 Å². The molecule has 1 amide bonds. The van der Waals surface area contributed by atoms with E-state index >= 15 is 0 Å². The molecule has 0 aliphatic heterocycles. The number of phosphoric ester groups is 1. The van der Waals surface area contributed by atoms with Crippen molar-refractivity contribution >= 4 is 19.7 Å². The fourth-order valence-corrected chi connectivity index (χ4v) is 4.85. The summed E-state index contributed by atoms with van der Waals surface area (Å²) in [6.45, 7) is 3.29. The molecule has 0 saturated carbocycles. The van der Waals surface area contributed by atoms with Gasteiger partial charge in [-0.1, -0.05) is 108 Å². The molecule has 43 heavy (non-hydrogen) atoms. The van der Waals surface area contributed by atoms with E-state index in [-0.39, 0.29) is 32.1 Å². The van der Waals surface area contributed by atoms with Gasteiger partial charge in [-0.05, 0) is 44.9 Å². The number of hydrogen-bond acceptors (Lipinski definition) is 7. The van der Waals surface area contributed by atoms with Crippen LogP contribution in [0.2, 0.25) is 0 Å². The van der Waals surface area contributed by atoms with E-state index in [9.17, 15) is 24.2 Å². The maximum Gasteiger partial charge on any atom is 0.472 e. The van der Waals surface area contributed by atoms with Crippen molar-refractivity contribution in [3.8, 4) is 0 Å². The van der Waals surface area contributed by atoms with Crippen LogP contribution in [0.15, 0.2) is 36.5 Å². The number of allylic oxidation sites excluding steroid dienone is 6. The van der Waals surface area contributed by atoms with Gasteiger partial charge in [0.1, 0.15) is 12.7 Å². The van der Waals surface area contributed by atoms with Gasteiger partial charge in [-0.2, -0.15) is 0 Å². The zero-order chi connectivity index (χ0) is 31.9. The molecule has 0 radical (unpaired) electrons. The van der Waals surface area contributed by atoms with E-state index in [0.717, 1.165) is 77.0 Å². The predicted molar refractivity (Wildman–Crippen MR) is 174 cm³/mol. The lowest BCUT2D eigenvalue weighted by Crippen LogP contribution is -2.27. The molecule has 2 unspecified atom stereocenters. The summed E-state index contributed by atoms with van der Waals surface area (Å²) in [5.74, 6) is -0.543. The second-order valence-electron chi connectivity index (χ2n) is 10.8. The number of carbonyl (C=O) groups is 2. The quantitative estimate of drug-likeness (QED) is 0.0317. The van der Waals surface area contributed by atoms with E-state index in [4.69, 9.17) is 13.8 Å². The number of unbranched alkanes of at least 4 members (excludes halogenated alkanes) is 11. The van der Waals surface area contributed by atoms with Gasteiger partial charge in [-0.3, -0.25) is 18.6 Å². The smallest absolute Gasteiger partial charge is 0.463 e. The third kappa shape index (κ3) is 31.5. The molecule has 3 N–H and O–H groups in total. The van der Waals surface area contributed by atoms with Crippen LogP contribution in [0.1, 0.15) is 129 Å². The summed E-state index contributed by atoms with van der Waals surface area (Å²) in [5.41, 5.74) is 0. The Hall–Kier alpha value is -1.77. The van der Waals surface area contributed by atoms with E-state index < -0.39 is 26.5 Å². The van der Waals surface area contributed by atoms with E-state index in [1.165, 1.54) is 25.7 Å². The second-order valence-corrected chi connectivity index (χ2v) is 12.2. The lowest BCUT2D eigenvalue weighted by Gasteiger charge is -2.15. The molecule has 0 aromatic heterocycles. The number of ether oxygens (including phenoxy) is 1. The molecule has 0 spiro atoms. The molecule has 10 heteroatoms. The van der Waals surface area contributed by atoms with Crippen LogP contribution in [0.25, 0.3) is 0 Å². The average Bonchev–Trinajstić information content (AvgIpc) is 2.98. The van der Waals surface area contributed by atoms with Crippen LogP contribution < -0.4 is 5.32 Å². The number of esters is 1. The van der Waals surface area contributed by atoms with Gasteiger partial charge in [0.15, 0.2) is 0 Å². The second kappa shape index (κ2) is 30.3. The Morgan fingerprint density at radius 1 is 0.744 bits per heavy atom. The van der Waals surface area contributed by atoms with Crippen molar-refractivity contribution in [3.05, 3.63) is 36.5 Å². The van der Waals surface area contributed by atoms with Gasteiger partial charge in [0.25, 0.3) is 0 Å². The minimum atomic E-state index is -4.40. The summed E-state index contributed by atoms with van der Waals surface area (Å²) in [6.07, 6.45) is 29.8. The van der Waals surface area contributed by atoms with Crippen molar-refractivity contribution in [2.45, 2.75) is 136 Å². The lowest BCUT2D eigenvalue weighted by molar-refractivity contribution is -0.147. The molecule has 0 aliphatic rings. The van der Waals surface area contributed by atoms with Crippen molar-refractivity contribution in [1.82, 2.24) is 5.32 Å². The maximum absolute atomic E-state index is 12.0. The van der Waals surface area contributed by atoms with Gasteiger partial charge >= 0.3 is 13.8 Å². The highest BCUT2D eigenvalue weighted by atomic mass is 31.2. The van der Waals surface area contributed by atoms with Crippen molar-refractivity contribution in [3.63, 3.8) is 0 Å². The zero-order valence-electron chi connectivity index (χ0n) is 26.9. The molecule has 250 valence electrons. The molecule has 0 aromatic rings. The molecule has 0 rings (SSSR count). The van der Waals surface area contributed by atoms with Gasteiger partial charge in [-0.15, -0.1) is 0 Å². The van der Waals surface area contributed by atoms with Crippen LogP contribution in [0, 0.1) is 0 Å². The molecular weight excluding hydrogens is 569 g/mol. The highest BCUT2D eigenvalue weighted by Gasteiger charge is 2.23. The molecule has 0 aliphatic carbocycles. The van der Waals surface area contributed by atoms with Crippen molar-refractivity contribution in [1.29, 1.82) is 0 Å². The Bertz CT molecular complexity index is 815. The minimum Gasteiger partial charge on any atom is -0.463 e. The fourth-order valence-electron chi connectivity index (χ4n) is 4.10. The summed E-state index contributed by atoms with van der Waals surface area (Å²) in [7, 11) is -4.40.